The molecule has 13 nitrogen and oxygen atoms in total. The van der Waals surface area contributed by atoms with Gasteiger partial charge in [0.2, 0.25) is 17.7 Å². The summed E-state index contributed by atoms with van der Waals surface area (Å²) in [6, 6.07) is 3.66. The number of hydrogen-bond donors (Lipinski definition) is 5. The molecule has 5 amide bonds. The van der Waals surface area contributed by atoms with Gasteiger partial charge in [0.25, 0.3) is 5.91 Å². The number of carbonyl (C=O) groups is 6. The number of thiophene rings is 1. The van der Waals surface area contributed by atoms with Gasteiger partial charge < -0.3 is 36.1 Å². The molecular formula is C33H46FN5O8S. The van der Waals surface area contributed by atoms with E-state index in [0.29, 0.717) is 17.5 Å². The fraction of sp³-hybridized carbons (Fsp3) is 0.515. The average Bonchev–Trinajstić information content (AvgIpc) is 3.32. The number of methoxy groups -OCH3 is 1. The third-order valence-electron chi connectivity index (χ3n) is 7.06. The molecule has 0 aliphatic heterocycles. The van der Waals surface area contributed by atoms with Gasteiger partial charge in [0, 0.05) is 13.1 Å². The molecule has 0 saturated heterocycles. The number of ether oxygens (including phenoxy) is 2. The number of anilines is 1. The monoisotopic (exact) mass is 691 g/mol. The first-order valence-corrected chi connectivity index (χ1v) is 16.4. The highest BCUT2D eigenvalue weighted by Gasteiger charge is 2.30. The maximum Gasteiger partial charge on any atom is 0.408 e. The Bertz CT molecular complexity index is 1490. The lowest BCUT2D eigenvalue weighted by Gasteiger charge is -2.26. The smallest absolute Gasteiger partial charge is 0.408 e. The van der Waals surface area contributed by atoms with Crippen LogP contribution < -0.4 is 26.6 Å². The minimum atomic E-state index is -0.954. The third-order valence-corrected chi connectivity index (χ3v) is 8.27. The van der Waals surface area contributed by atoms with Gasteiger partial charge in [-0.2, -0.15) is 0 Å². The van der Waals surface area contributed by atoms with Crippen LogP contribution in [0, 0.1) is 18.7 Å². The quantitative estimate of drug-likeness (QED) is 0.146. The van der Waals surface area contributed by atoms with Gasteiger partial charge in [0.15, 0.2) is 0 Å². The van der Waals surface area contributed by atoms with Crippen molar-refractivity contribution in [3.63, 3.8) is 0 Å². The van der Waals surface area contributed by atoms with Crippen molar-refractivity contribution in [2.45, 2.75) is 85.4 Å². The van der Waals surface area contributed by atoms with Crippen molar-refractivity contribution in [3.05, 3.63) is 51.7 Å². The molecule has 0 radical (unpaired) electrons. The Balaban J connectivity index is 2.01. The maximum atomic E-state index is 13.4. The molecule has 15 heteroatoms. The minimum Gasteiger partial charge on any atom is -0.465 e. The largest absolute Gasteiger partial charge is 0.465 e. The predicted octanol–water partition coefficient (Wildman–Crippen LogP) is 4.01. The first kappa shape index (κ1) is 39.6. The number of carbonyl (C=O) groups excluding carboxylic acids is 6. The summed E-state index contributed by atoms with van der Waals surface area (Å²) in [6.07, 6.45) is -0.355. The van der Waals surface area contributed by atoms with Crippen LogP contribution in [0.15, 0.2) is 24.3 Å². The van der Waals surface area contributed by atoms with Crippen LogP contribution in [0.4, 0.5) is 14.2 Å². The average molecular weight is 692 g/mol. The van der Waals surface area contributed by atoms with Crippen LogP contribution in [0.3, 0.4) is 0 Å². The number of nitrogens with one attached hydrogen (secondary N) is 5. The van der Waals surface area contributed by atoms with Gasteiger partial charge in [-0.3, -0.25) is 19.2 Å². The number of alkyl carbamates (subject to hydrolysis) is 1. The Morgan fingerprint density at radius 2 is 1.50 bits per heavy atom. The molecular weight excluding hydrogens is 645 g/mol. The molecule has 1 aromatic heterocycles. The number of hydrogen-bond acceptors (Lipinski definition) is 9. The summed E-state index contributed by atoms with van der Waals surface area (Å²) in [5.74, 6) is -4.16. The number of amides is 5. The highest BCUT2D eigenvalue weighted by atomic mass is 32.1. The normalized spacial score (nSPS) is 13.1. The van der Waals surface area contributed by atoms with Crippen molar-refractivity contribution in [2.24, 2.45) is 5.92 Å². The Labute approximate surface area is 284 Å². The minimum absolute atomic E-state index is 0.00905. The molecule has 2 rings (SSSR count). The SMILES string of the molecule is CCC(C(=O)Nc1sc(C(=O)NCCNC(=O)[C@H](C)NC(=O)[C@@H](NC(=O)OC(C)(C)C)C(C)C)c(C)c1C(=O)OC)c1ccc(F)cc1. The first-order valence-electron chi connectivity index (χ1n) is 15.5. The van der Waals surface area contributed by atoms with Gasteiger partial charge in [-0.15, -0.1) is 11.3 Å². The molecule has 5 N–H and O–H groups in total. The Hall–Kier alpha value is -4.53. The lowest BCUT2D eigenvalue weighted by Crippen LogP contribution is -2.55. The molecule has 2 aromatic rings. The van der Waals surface area contributed by atoms with Crippen LogP contribution in [0.2, 0.25) is 0 Å². The Kier molecular flexibility index (Phi) is 14.5. The van der Waals surface area contributed by atoms with Gasteiger partial charge in [0.05, 0.1) is 23.5 Å². The standard InChI is InChI=1S/C33H46FN5O8S/c1-10-22(20-11-13-21(34)14-12-20)27(41)39-30-23(31(44)46-9)18(4)25(48-30)29(43)36-16-15-35-26(40)19(5)37-28(42)24(17(2)3)38-32(45)47-33(6,7)8/h11-14,17,19,22,24H,10,15-16H2,1-9H3,(H,35,40)(H,36,43)(H,37,42)(H,38,45)(H,39,41)/t19-,22?,24-/m0/s1. The fourth-order valence-electron chi connectivity index (χ4n) is 4.57. The summed E-state index contributed by atoms with van der Waals surface area (Å²) in [6.45, 7) is 13.4. The summed E-state index contributed by atoms with van der Waals surface area (Å²) < 4.78 is 23.5. The fourth-order valence-corrected chi connectivity index (χ4v) is 5.68. The zero-order chi connectivity index (χ0) is 36.3. The molecule has 1 aromatic carbocycles. The predicted molar refractivity (Wildman–Crippen MR) is 179 cm³/mol. The summed E-state index contributed by atoms with van der Waals surface area (Å²) in [7, 11) is 1.19. The summed E-state index contributed by atoms with van der Waals surface area (Å²) >= 11 is 0.901. The third kappa shape index (κ3) is 11.3. The summed E-state index contributed by atoms with van der Waals surface area (Å²) in [4.78, 5) is 76.8. The summed E-state index contributed by atoms with van der Waals surface area (Å²) in [5.41, 5.74) is 0.179. The Morgan fingerprint density at radius 1 is 0.896 bits per heavy atom. The van der Waals surface area contributed by atoms with Crippen LogP contribution in [-0.4, -0.2) is 73.6 Å². The molecule has 1 unspecified atom stereocenters. The molecule has 0 bridgehead atoms. The van der Waals surface area contributed by atoms with E-state index in [1.807, 2.05) is 0 Å². The van der Waals surface area contributed by atoms with E-state index in [9.17, 15) is 33.2 Å². The van der Waals surface area contributed by atoms with Gasteiger partial charge >= 0.3 is 12.1 Å². The molecule has 3 atom stereocenters. The van der Waals surface area contributed by atoms with E-state index in [1.165, 1.54) is 38.3 Å². The van der Waals surface area contributed by atoms with Crippen molar-refractivity contribution in [1.82, 2.24) is 21.3 Å². The van der Waals surface area contributed by atoms with Crippen LogP contribution in [0.25, 0.3) is 0 Å². The van der Waals surface area contributed by atoms with Crippen LogP contribution >= 0.6 is 11.3 Å². The Morgan fingerprint density at radius 3 is 2.04 bits per heavy atom. The van der Waals surface area contributed by atoms with Crippen molar-refractivity contribution in [1.29, 1.82) is 0 Å². The van der Waals surface area contributed by atoms with E-state index in [0.717, 1.165) is 11.3 Å². The summed E-state index contributed by atoms with van der Waals surface area (Å²) in [5, 5.41) is 13.3. The second-order valence-corrected chi connectivity index (χ2v) is 13.4. The van der Waals surface area contributed by atoms with Crippen molar-refractivity contribution in [2.75, 3.05) is 25.5 Å². The van der Waals surface area contributed by atoms with Crippen molar-refractivity contribution >= 4 is 52.0 Å². The second-order valence-electron chi connectivity index (χ2n) is 12.4. The lowest BCUT2D eigenvalue weighted by molar-refractivity contribution is -0.130. The number of esters is 1. The highest BCUT2D eigenvalue weighted by Crippen LogP contribution is 2.35. The second kappa shape index (κ2) is 17.6. The van der Waals surface area contributed by atoms with Gasteiger partial charge in [0.1, 0.15) is 28.5 Å². The van der Waals surface area contributed by atoms with Gasteiger partial charge in [-0.1, -0.05) is 32.9 Å². The highest BCUT2D eigenvalue weighted by molar-refractivity contribution is 7.18. The van der Waals surface area contributed by atoms with Gasteiger partial charge in [-0.25, -0.2) is 14.0 Å². The number of benzene rings is 1. The molecule has 0 aliphatic carbocycles. The van der Waals surface area contributed by atoms with E-state index in [4.69, 9.17) is 9.47 Å². The van der Waals surface area contributed by atoms with Crippen LogP contribution in [0.1, 0.15) is 92.0 Å². The van der Waals surface area contributed by atoms with Gasteiger partial charge in [-0.05, 0) is 70.2 Å². The maximum absolute atomic E-state index is 13.4. The molecule has 264 valence electrons. The van der Waals surface area contributed by atoms with Crippen molar-refractivity contribution < 1.29 is 42.6 Å². The molecule has 48 heavy (non-hydrogen) atoms. The van der Waals surface area contributed by atoms with Crippen LogP contribution in [0.5, 0.6) is 0 Å². The molecule has 0 fully saturated rings. The molecule has 0 spiro atoms. The number of rotatable bonds is 14. The number of halogens is 1. The van der Waals surface area contributed by atoms with Crippen LogP contribution in [-0.2, 0) is 23.9 Å². The molecule has 0 saturated carbocycles. The van der Waals surface area contributed by atoms with E-state index >= 15 is 0 Å². The van der Waals surface area contributed by atoms with E-state index in [1.54, 1.807) is 48.5 Å². The topological polar surface area (TPSA) is 181 Å². The lowest BCUT2D eigenvalue weighted by atomic mass is 9.95. The zero-order valence-electron chi connectivity index (χ0n) is 28.8. The molecule has 1 heterocycles. The van der Waals surface area contributed by atoms with Crippen molar-refractivity contribution in [3.8, 4) is 0 Å². The molecule has 0 aliphatic rings. The first-order chi connectivity index (χ1) is 22.4. The van der Waals surface area contributed by atoms with E-state index < -0.39 is 65.1 Å². The zero-order valence-corrected chi connectivity index (χ0v) is 29.6. The van der Waals surface area contributed by atoms with E-state index in [-0.39, 0.29) is 34.4 Å². The van der Waals surface area contributed by atoms with E-state index in [2.05, 4.69) is 26.6 Å².